The quantitative estimate of drug-likeness (QED) is 0.789. The number of aliphatic carboxylic acids is 1. The number of carbonyl (C=O) groups is 1. The summed E-state index contributed by atoms with van der Waals surface area (Å²) in [4.78, 5) is 30.4. The Balaban J connectivity index is 2.35. The second kappa shape index (κ2) is 6.20. The summed E-state index contributed by atoms with van der Waals surface area (Å²) >= 11 is 1.48. The second-order valence-corrected chi connectivity index (χ2v) is 6.95. The third kappa shape index (κ3) is 2.73. The normalized spacial score (nSPS) is 11.1. The molecular formula is C18H18N2O3S. The fourth-order valence-corrected chi connectivity index (χ4v) is 3.93. The molecule has 2 aromatic heterocycles. The molecule has 2 heterocycles. The lowest BCUT2D eigenvalue weighted by atomic mass is 10.0. The zero-order valence-electron chi connectivity index (χ0n) is 13.8. The first kappa shape index (κ1) is 16.4. The molecule has 0 radical (unpaired) electrons. The molecular weight excluding hydrogens is 324 g/mol. The van der Waals surface area contributed by atoms with Gasteiger partial charge in [0.1, 0.15) is 17.2 Å². The highest BCUT2D eigenvalue weighted by Gasteiger charge is 2.20. The molecule has 0 aliphatic rings. The van der Waals surface area contributed by atoms with Crippen molar-refractivity contribution in [3.63, 3.8) is 0 Å². The predicted octanol–water partition coefficient (Wildman–Crippen LogP) is 3.39. The van der Waals surface area contributed by atoms with Crippen molar-refractivity contribution < 1.29 is 9.90 Å². The lowest BCUT2D eigenvalue weighted by Crippen LogP contribution is -2.28. The zero-order chi connectivity index (χ0) is 17.4. The van der Waals surface area contributed by atoms with E-state index in [1.54, 1.807) is 0 Å². The molecule has 3 aromatic rings. The maximum absolute atomic E-state index is 13.0. The van der Waals surface area contributed by atoms with Gasteiger partial charge in [-0.05, 0) is 19.4 Å². The minimum absolute atomic E-state index is 0.279. The van der Waals surface area contributed by atoms with Gasteiger partial charge >= 0.3 is 5.97 Å². The first-order valence-electron chi connectivity index (χ1n) is 7.74. The van der Waals surface area contributed by atoms with Gasteiger partial charge in [-0.2, -0.15) is 0 Å². The molecule has 0 amide bonds. The molecule has 0 fully saturated rings. The van der Waals surface area contributed by atoms with Gasteiger partial charge < -0.3 is 5.11 Å². The van der Waals surface area contributed by atoms with Crippen molar-refractivity contribution in [1.29, 1.82) is 0 Å². The Morgan fingerprint density at radius 2 is 1.92 bits per heavy atom. The van der Waals surface area contributed by atoms with Gasteiger partial charge in [-0.15, -0.1) is 11.3 Å². The van der Waals surface area contributed by atoms with Gasteiger partial charge in [0, 0.05) is 16.9 Å². The topological polar surface area (TPSA) is 72.2 Å². The number of aryl methyl sites for hydroxylation is 3. The summed E-state index contributed by atoms with van der Waals surface area (Å²) in [7, 11) is 0. The van der Waals surface area contributed by atoms with Crippen molar-refractivity contribution in [2.45, 2.75) is 33.7 Å². The van der Waals surface area contributed by atoms with Gasteiger partial charge in [0.15, 0.2) is 0 Å². The van der Waals surface area contributed by atoms with Gasteiger partial charge in [-0.3, -0.25) is 14.2 Å². The molecule has 0 spiro atoms. The van der Waals surface area contributed by atoms with E-state index in [0.717, 1.165) is 21.6 Å². The molecule has 0 bridgehead atoms. The Bertz CT molecular complexity index is 984. The molecule has 0 aliphatic heterocycles. The summed E-state index contributed by atoms with van der Waals surface area (Å²) in [6.07, 6.45) is 0.509. The fraction of sp³-hybridized carbons (Fsp3) is 0.278. The third-order valence-corrected chi connectivity index (χ3v) is 5.02. The minimum Gasteiger partial charge on any atom is -0.480 e. The minimum atomic E-state index is -1.04. The van der Waals surface area contributed by atoms with Gasteiger partial charge in [-0.1, -0.05) is 36.8 Å². The van der Waals surface area contributed by atoms with E-state index in [-0.39, 0.29) is 12.1 Å². The Kier molecular flexibility index (Phi) is 4.24. The number of thiophene rings is 1. The van der Waals surface area contributed by atoms with Crippen LogP contribution in [0.15, 0.2) is 29.1 Å². The number of rotatable bonds is 4. The van der Waals surface area contributed by atoms with Crippen LogP contribution >= 0.6 is 11.3 Å². The average molecular weight is 342 g/mol. The van der Waals surface area contributed by atoms with Crippen molar-refractivity contribution in [3.8, 4) is 11.1 Å². The Morgan fingerprint density at radius 1 is 1.25 bits per heavy atom. The first-order chi connectivity index (χ1) is 11.4. The molecule has 0 saturated heterocycles. The molecule has 6 heteroatoms. The van der Waals surface area contributed by atoms with Crippen molar-refractivity contribution in [2.75, 3.05) is 0 Å². The smallest absolute Gasteiger partial charge is 0.323 e. The number of nitrogens with zero attached hydrogens (tertiary/aromatic N) is 2. The maximum Gasteiger partial charge on any atom is 0.323 e. The van der Waals surface area contributed by atoms with E-state index in [9.17, 15) is 9.59 Å². The van der Waals surface area contributed by atoms with Crippen LogP contribution in [-0.4, -0.2) is 20.6 Å². The van der Waals surface area contributed by atoms with Crippen LogP contribution in [0.4, 0.5) is 0 Å². The molecule has 0 unspecified atom stereocenters. The number of fused-ring (bicyclic) bond motifs is 1. The summed E-state index contributed by atoms with van der Waals surface area (Å²) in [5.74, 6) is -0.539. The average Bonchev–Trinajstić information content (AvgIpc) is 2.87. The predicted molar refractivity (Wildman–Crippen MR) is 95.8 cm³/mol. The molecule has 1 aromatic carbocycles. The van der Waals surface area contributed by atoms with Crippen molar-refractivity contribution in [2.24, 2.45) is 0 Å². The lowest BCUT2D eigenvalue weighted by molar-refractivity contribution is -0.137. The highest BCUT2D eigenvalue weighted by atomic mass is 32.1. The molecule has 0 atom stereocenters. The highest BCUT2D eigenvalue weighted by molar-refractivity contribution is 7.19. The number of hydrogen-bond donors (Lipinski definition) is 1. The second-order valence-electron chi connectivity index (χ2n) is 5.75. The summed E-state index contributed by atoms with van der Waals surface area (Å²) in [5, 5.41) is 9.63. The summed E-state index contributed by atoms with van der Waals surface area (Å²) in [6.45, 7) is 5.48. The lowest BCUT2D eigenvalue weighted by Gasteiger charge is -2.09. The molecule has 1 N–H and O–H groups in total. The first-order valence-corrected chi connectivity index (χ1v) is 8.55. The van der Waals surface area contributed by atoms with Crippen LogP contribution in [0.3, 0.4) is 0 Å². The van der Waals surface area contributed by atoms with E-state index in [4.69, 9.17) is 5.11 Å². The number of benzene rings is 1. The molecule has 124 valence electrons. The SMILES string of the molecule is CCc1nc2sc(C)c(-c3ccc(C)cc3)c2c(=O)n1CC(=O)O. The van der Waals surface area contributed by atoms with E-state index in [1.165, 1.54) is 15.9 Å². The van der Waals surface area contributed by atoms with Gasteiger partial charge in [-0.25, -0.2) is 4.98 Å². The summed E-state index contributed by atoms with van der Waals surface area (Å²) in [6, 6.07) is 7.97. The van der Waals surface area contributed by atoms with Crippen LogP contribution < -0.4 is 5.56 Å². The van der Waals surface area contributed by atoms with E-state index in [1.807, 2.05) is 45.0 Å². The van der Waals surface area contributed by atoms with Crippen LogP contribution in [0.25, 0.3) is 21.3 Å². The van der Waals surface area contributed by atoms with Crippen molar-refractivity contribution in [3.05, 3.63) is 50.9 Å². The fourth-order valence-electron chi connectivity index (χ4n) is 2.87. The van der Waals surface area contributed by atoms with Crippen LogP contribution in [-0.2, 0) is 17.8 Å². The summed E-state index contributed by atoms with van der Waals surface area (Å²) in [5.41, 5.74) is 2.67. The van der Waals surface area contributed by atoms with E-state index in [2.05, 4.69) is 4.98 Å². The number of carboxylic acid groups (broad SMARTS) is 1. The van der Waals surface area contributed by atoms with Crippen LogP contribution in [0.1, 0.15) is 23.2 Å². The summed E-state index contributed by atoms with van der Waals surface area (Å²) < 4.78 is 1.27. The van der Waals surface area contributed by atoms with Gasteiger partial charge in [0.25, 0.3) is 5.56 Å². The van der Waals surface area contributed by atoms with Crippen LogP contribution in [0, 0.1) is 13.8 Å². The van der Waals surface area contributed by atoms with Gasteiger partial charge in [0.2, 0.25) is 0 Å². The van der Waals surface area contributed by atoms with Crippen LogP contribution in [0.5, 0.6) is 0 Å². The molecule has 0 saturated carbocycles. The third-order valence-electron chi connectivity index (χ3n) is 4.02. The molecule has 3 rings (SSSR count). The highest BCUT2D eigenvalue weighted by Crippen LogP contribution is 2.35. The molecule has 24 heavy (non-hydrogen) atoms. The number of aromatic nitrogens is 2. The maximum atomic E-state index is 13.0. The molecule has 5 nitrogen and oxygen atoms in total. The Morgan fingerprint density at radius 3 is 2.50 bits per heavy atom. The Hall–Kier alpha value is -2.47. The Labute approximate surface area is 143 Å². The van der Waals surface area contributed by atoms with E-state index >= 15 is 0 Å². The standard InChI is InChI=1S/C18H18N2O3S/c1-4-13-19-17-16(18(23)20(13)9-14(21)22)15(11(3)24-17)12-7-5-10(2)6-8-12/h5-8H,4,9H2,1-3H3,(H,21,22). The monoisotopic (exact) mass is 342 g/mol. The van der Waals surface area contributed by atoms with Crippen molar-refractivity contribution in [1.82, 2.24) is 9.55 Å². The molecule has 0 aliphatic carbocycles. The largest absolute Gasteiger partial charge is 0.480 e. The van der Waals surface area contributed by atoms with E-state index < -0.39 is 5.97 Å². The van der Waals surface area contributed by atoms with E-state index in [0.29, 0.717) is 22.5 Å². The van der Waals surface area contributed by atoms with Gasteiger partial charge in [0.05, 0.1) is 5.39 Å². The number of hydrogen-bond acceptors (Lipinski definition) is 4. The zero-order valence-corrected chi connectivity index (χ0v) is 14.6. The number of carboxylic acids is 1. The van der Waals surface area contributed by atoms with Crippen LogP contribution in [0.2, 0.25) is 0 Å². The van der Waals surface area contributed by atoms with Crippen molar-refractivity contribution >= 4 is 27.5 Å².